The first-order valence-corrected chi connectivity index (χ1v) is 12.3. The van der Waals surface area contributed by atoms with Crippen LogP contribution in [0, 0.1) is 0 Å². The molecule has 0 unspecified atom stereocenters. The summed E-state index contributed by atoms with van der Waals surface area (Å²) >= 11 is 0. The highest BCUT2D eigenvalue weighted by Gasteiger charge is 2.52. The van der Waals surface area contributed by atoms with Crippen molar-refractivity contribution in [3.63, 3.8) is 0 Å². The predicted octanol–water partition coefficient (Wildman–Crippen LogP) is -7.83. The summed E-state index contributed by atoms with van der Waals surface area (Å²) in [5.74, 6) is 0. The first-order valence-electron chi connectivity index (χ1n) is 12.3. The second kappa shape index (κ2) is 13.1. The van der Waals surface area contributed by atoms with Gasteiger partial charge < -0.3 is 89.3 Å². The van der Waals surface area contributed by atoms with Crippen molar-refractivity contribution in [1.29, 1.82) is 0 Å². The summed E-state index contributed by atoms with van der Waals surface area (Å²) in [6, 6.07) is 0. The molecular weight excluding hydrogens is 540 g/mol. The largest absolute Gasteiger partial charge is 0.394 e. The Morgan fingerprint density at radius 1 is 0.513 bits per heavy atom. The summed E-state index contributed by atoms with van der Waals surface area (Å²) in [5.41, 5.74) is 0. The lowest BCUT2D eigenvalue weighted by Crippen LogP contribution is -2.65. The van der Waals surface area contributed by atoms with Gasteiger partial charge in [0, 0.05) is 0 Å². The summed E-state index contributed by atoms with van der Waals surface area (Å²) in [4.78, 5) is 0. The Balaban J connectivity index is 1.51. The van der Waals surface area contributed by atoms with E-state index in [4.69, 9.17) is 33.2 Å². The van der Waals surface area contributed by atoms with Crippen LogP contribution in [0.3, 0.4) is 0 Å². The fraction of sp³-hybridized carbons (Fsp3) is 1.00. The quantitative estimate of drug-likeness (QED) is 0.134. The fourth-order valence-electron chi connectivity index (χ4n) is 4.61. The molecule has 4 saturated heterocycles. The zero-order chi connectivity index (χ0) is 28.6. The third-order valence-electron chi connectivity index (χ3n) is 7.08. The van der Waals surface area contributed by atoms with E-state index in [1.54, 1.807) is 0 Å². The summed E-state index contributed by atoms with van der Waals surface area (Å²) in [6.07, 6.45) is -27.4. The van der Waals surface area contributed by atoms with Gasteiger partial charge in [0.25, 0.3) is 0 Å². The maximum atomic E-state index is 11.1. The molecule has 4 heterocycles. The maximum absolute atomic E-state index is 11.1. The van der Waals surface area contributed by atoms with Gasteiger partial charge >= 0.3 is 0 Å². The summed E-state index contributed by atoms with van der Waals surface area (Å²) in [5, 5.41) is 111. The Kier molecular flexibility index (Phi) is 10.5. The first kappa shape index (κ1) is 31.2. The minimum Gasteiger partial charge on any atom is -0.394 e. The van der Waals surface area contributed by atoms with Gasteiger partial charge in [-0.3, -0.25) is 0 Å². The van der Waals surface area contributed by atoms with Gasteiger partial charge in [0.1, 0.15) is 79.4 Å². The van der Waals surface area contributed by atoms with E-state index in [1.165, 1.54) is 0 Å². The van der Waals surface area contributed by atoms with Gasteiger partial charge in [0.05, 0.1) is 26.4 Å². The molecule has 228 valence electrons. The highest BCUT2D eigenvalue weighted by Crippen LogP contribution is 2.31. The molecule has 4 aliphatic heterocycles. The lowest BCUT2D eigenvalue weighted by molar-refractivity contribution is -0.381. The predicted molar refractivity (Wildman–Crippen MR) is 116 cm³/mol. The molecule has 4 fully saturated rings. The van der Waals surface area contributed by atoms with E-state index in [0.717, 1.165) is 0 Å². The molecule has 0 aromatic rings. The zero-order valence-corrected chi connectivity index (χ0v) is 20.4. The van der Waals surface area contributed by atoms with Crippen molar-refractivity contribution in [3.05, 3.63) is 0 Å². The van der Waals surface area contributed by atoms with Gasteiger partial charge in [-0.2, -0.15) is 0 Å². The molecular formula is C21H36O18. The molecule has 0 bridgehead atoms. The molecule has 18 nitrogen and oxygen atoms in total. The SMILES string of the molecule is OC[C@H]1O[C@H](O[C@H]2[C@H](O[C@@H]3CO[C@@H](O)[C@H](O)[C@H]3O)OC[C@@H](O[C@@H]3OC[C@@H](O)[C@H](O)[C@H]3O)[C@@H]2O)[C@H](O)[C@@H](O)[C@@H]1O. The van der Waals surface area contributed by atoms with Gasteiger partial charge in [-0.15, -0.1) is 0 Å². The molecule has 0 spiro atoms. The van der Waals surface area contributed by atoms with Crippen LogP contribution in [0.25, 0.3) is 0 Å². The number of aliphatic hydroxyl groups excluding tert-OH is 11. The molecule has 4 rings (SSSR count). The molecule has 0 radical (unpaired) electrons. The van der Waals surface area contributed by atoms with E-state index in [-0.39, 0.29) is 0 Å². The molecule has 11 N–H and O–H groups in total. The monoisotopic (exact) mass is 576 g/mol. The van der Waals surface area contributed by atoms with E-state index in [2.05, 4.69) is 0 Å². The van der Waals surface area contributed by atoms with Crippen molar-refractivity contribution in [2.24, 2.45) is 0 Å². The molecule has 4 aliphatic rings. The van der Waals surface area contributed by atoms with Crippen molar-refractivity contribution in [2.45, 2.75) is 105 Å². The van der Waals surface area contributed by atoms with Crippen LogP contribution in [0.1, 0.15) is 0 Å². The topological polar surface area (TPSA) is 287 Å². The Morgan fingerprint density at radius 3 is 1.79 bits per heavy atom. The van der Waals surface area contributed by atoms with Crippen LogP contribution in [-0.2, 0) is 33.2 Å². The molecule has 17 atom stereocenters. The van der Waals surface area contributed by atoms with Crippen molar-refractivity contribution >= 4 is 0 Å². The summed E-state index contributed by atoms with van der Waals surface area (Å²) < 4.78 is 37.9. The molecule has 18 heteroatoms. The summed E-state index contributed by atoms with van der Waals surface area (Å²) in [7, 11) is 0. The highest BCUT2D eigenvalue weighted by atomic mass is 16.8. The van der Waals surface area contributed by atoms with Crippen LogP contribution in [0.5, 0.6) is 0 Å². The van der Waals surface area contributed by atoms with Crippen LogP contribution in [0.15, 0.2) is 0 Å². The smallest absolute Gasteiger partial charge is 0.187 e. The van der Waals surface area contributed by atoms with Gasteiger partial charge in [-0.1, -0.05) is 0 Å². The number of rotatable bonds is 7. The van der Waals surface area contributed by atoms with E-state index in [0.29, 0.717) is 0 Å². The maximum Gasteiger partial charge on any atom is 0.187 e. The van der Waals surface area contributed by atoms with E-state index in [1.807, 2.05) is 0 Å². The molecule has 39 heavy (non-hydrogen) atoms. The third kappa shape index (κ3) is 6.53. The Labute approximate surface area is 221 Å². The normalized spacial score (nSPS) is 53.5. The summed E-state index contributed by atoms with van der Waals surface area (Å²) in [6.45, 7) is -2.02. The standard InChI is InChI=1S/C21H36O18/c22-1-6-10(25)13(28)16(31)20(36-6)39-17-12(27)8(37-19-15(30)9(24)5(23)2-34-19)4-35-21(17)38-7-3-33-18(32)14(29)11(7)26/h5-32H,1-4H2/t5-,6-,7-,8-,9+,10-,11+,12+,13+,14-,15-,16-,17-,18-,19+,20-,21+/m1/s1. The average molecular weight is 577 g/mol. The van der Waals surface area contributed by atoms with Crippen molar-refractivity contribution in [3.8, 4) is 0 Å². The number of ether oxygens (including phenoxy) is 7. The average Bonchev–Trinajstić information content (AvgIpc) is 2.92. The van der Waals surface area contributed by atoms with Crippen LogP contribution < -0.4 is 0 Å². The van der Waals surface area contributed by atoms with Gasteiger partial charge in [0.2, 0.25) is 0 Å². The minimum atomic E-state index is -1.88. The fourth-order valence-corrected chi connectivity index (χ4v) is 4.61. The zero-order valence-electron chi connectivity index (χ0n) is 20.4. The minimum absolute atomic E-state index is 0.392. The van der Waals surface area contributed by atoms with Crippen LogP contribution >= 0.6 is 0 Å². The number of aliphatic hydroxyl groups is 11. The molecule has 0 aliphatic carbocycles. The van der Waals surface area contributed by atoms with Crippen LogP contribution in [0.4, 0.5) is 0 Å². The van der Waals surface area contributed by atoms with E-state index >= 15 is 0 Å². The van der Waals surface area contributed by atoms with Crippen molar-refractivity contribution < 1.29 is 89.3 Å². The van der Waals surface area contributed by atoms with Crippen molar-refractivity contribution in [2.75, 3.05) is 26.4 Å². The highest BCUT2D eigenvalue weighted by molar-refractivity contribution is 4.94. The third-order valence-corrected chi connectivity index (χ3v) is 7.08. The number of hydrogen-bond acceptors (Lipinski definition) is 18. The molecule has 0 amide bonds. The lowest BCUT2D eigenvalue weighted by atomic mass is 9.98. The van der Waals surface area contributed by atoms with Crippen LogP contribution in [0.2, 0.25) is 0 Å². The Hall–Kier alpha value is -0.720. The second-order valence-corrected chi connectivity index (χ2v) is 9.79. The van der Waals surface area contributed by atoms with Gasteiger partial charge in [-0.25, -0.2) is 0 Å². The lowest BCUT2D eigenvalue weighted by Gasteiger charge is -2.47. The van der Waals surface area contributed by atoms with E-state index < -0.39 is 131 Å². The molecule has 0 aromatic carbocycles. The second-order valence-electron chi connectivity index (χ2n) is 9.79. The van der Waals surface area contributed by atoms with Crippen molar-refractivity contribution in [1.82, 2.24) is 0 Å². The molecule has 0 aromatic heterocycles. The van der Waals surface area contributed by atoms with Crippen LogP contribution in [-0.4, -0.2) is 187 Å². The Bertz CT molecular complexity index is 775. The van der Waals surface area contributed by atoms with Gasteiger partial charge in [-0.05, 0) is 0 Å². The molecule has 0 saturated carbocycles. The number of hydrogen-bond donors (Lipinski definition) is 11. The van der Waals surface area contributed by atoms with Gasteiger partial charge in [0.15, 0.2) is 25.2 Å². The Morgan fingerprint density at radius 2 is 1.10 bits per heavy atom. The van der Waals surface area contributed by atoms with E-state index in [9.17, 15) is 56.2 Å². The first-order chi connectivity index (χ1) is 18.4.